The third-order valence-corrected chi connectivity index (χ3v) is 4.14. The summed E-state index contributed by atoms with van der Waals surface area (Å²) < 4.78 is 1.87. The van der Waals surface area contributed by atoms with E-state index in [2.05, 4.69) is 29.2 Å². The van der Waals surface area contributed by atoms with Crippen molar-refractivity contribution >= 4 is 11.3 Å². The van der Waals surface area contributed by atoms with Crippen molar-refractivity contribution in [2.45, 2.75) is 45.6 Å². The molecule has 4 nitrogen and oxygen atoms in total. The Labute approximate surface area is 107 Å². The second-order valence-corrected chi connectivity index (χ2v) is 5.87. The minimum Gasteiger partial charge on any atom is -0.365 e. The molecule has 1 aliphatic carbocycles. The number of nitrogens with zero attached hydrogens (tertiary/aromatic N) is 3. The van der Waals surface area contributed by atoms with Gasteiger partial charge in [0.15, 0.2) is 5.82 Å². The quantitative estimate of drug-likeness (QED) is 0.882. The van der Waals surface area contributed by atoms with Gasteiger partial charge in [0.05, 0.1) is 6.20 Å². The van der Waals surface area contributed by atoms with Crippen LogP contribution in [0, 0.1) is 5.41 Å². The lowest BCUT2D eigenvalue weighted by Crippen LogP contribution is -2.39. The van der Waals surface area contributed by atoms with Gasteiger partial charge >= 0.3 is 0 Å². The zero-order valence-corrected chi connectivity index (χ0v) is 11.1. The normalized spacial score (nSPS) is 23.1. The van der Waals surface area contributed by atoms with Gasteiger partial charge < -0.3 is 5.32 Å². The topological polar surface area (TPSA) is 42.2 Å². The molecular weight excluding hydrogens is 224 g/mol. The van der Waals surface area contributed by atoms with Crippen molar-refractivity contribution in [3.05, 3.63) is 24.7 Å². The zero-order valence-electron chi connectivity index (χ0n) is 11.1. The molecule has 0 radical (unpaired) electrons. The summed E-state index contributed by atoms with van der Waals surface area (Å²) in [5, 5.41) is 7.87. The van der Waals surface area contributed by atoms with E-state index in [1.807, 2.05) is 23.0 Å². The Morgan fingerprint density at radius 3 is 3.06 bits per heavy atom. The van der Waals surface area contributed by atoms with Gasteiger partial charge in [-0.3, -0.25) is 0 Å². The molecule has 1 unspecified atom stereocenters. The van der Waals surface area contributed by atoms with Gasteiger partial charge in [-0.1, -0.05) is 26.7 Å². The molecule has 1 N–H and O–H groups in total. The van der Waals surface area contributed by atoms with E-state index in [1.54, 1.807) is 6.20 Å². The molecule has 2 aromatic rings. The highest BCUT2D eigenvalue weighted by molar-refractivity contribution is 5.67. The van der Waals surface area contributed by atoms with Crippen molar-refractivity contribution in [2.24, 2.45) is 5.41 Å². The summed E-state index contributed by atoms with van der Waals surface area (Å²) >= 11 is 0. The van der Waals surface area contributed by atoms with Crippen molar-refractivity contribution in [1.82, 2.24) is 14.6 Å². The minimum atomic E-state index is 0.340. The van der Waals surface area contributed by atoms with Gasteiger partial charge in [0.1, 0.15) is 5.52 Å². The first-order valence-electron chi connectivity index (χ1n) is 6.72. The average Bonchev–Trinajstić information content (AvgIpc) is 2.81. The Kier molecular flexibility index (Phi) is 2.73. The maximum atomic E-state index is 4.47. The summed E-state index contributed by atoms with van der Waals surface area (Å²) in [6.07, 6.45) is 10.7. The van der Waals surface area contributed by atoms with Gasteiger partial charge in [-0.15, -0.1) is 0 Å². The Hall–Kier alpha value is -1.58. The van der Waals surface area contributed by atoms with Crippen molar-refractivity contribution < 1.29 is 0 Å². The monoisotopic (exact) mass is 244 g/mol. The average molecular weight is 244 g/mol. The summed E-state index contributed by atoms with van der Waals surface area (Å²) in [7, 11) is 0. The fraction of sp³-hybridized carbons (Fsp3) is 0.571. The van der Waals surface area contributed by atoms with Gasteiger partial charge in [-0.25, -0.2) is 9.50 Å². The molecule has 0 spiro atoms. The standard InChI is InChI=1S/C14H20N4/c1-14(2)7-4-3-5-12(14)17-13-11-6-8-16-18(11)10-9-15-13/h6,8-10,12H,3-5,7H2,1-2H3,(H,15,17). The van der Waals surface area contributed by atoms with E-state index >= 15 is 0 Å². The summed E-state index contributed by atoms with van der Waals surface area (Å²) in [6.45, 7) is 4.70. The van der Waals surface area contributed by atoms with Gasteiger partial charge in [0, 0.05) is 18.4 Å². The van der Waals surface area contributed by atoms with Crippen LogP contribution in [0.15, 0.2) is 24.7 Å². The largest absolute Gasteiger partial charge is 0.365 e. The first kappa shape index (κ1) is 11.5. The summed E-state index contributed by atoms with van der Waals surface area (Å²) in [5.74, 6) is 0.954. The Balaban J connectivity index is 1.89. The summed E-state index contributed by atoms with van der Waals surface area (Å²) in [5.41, 5.74) is 1.39. The van der Waals surface area contributed by atoms with Crippen LogP contribution < -0.4 is 5.32 Å². The minimum absolute atomic E-state index is 0.340. The van der Waals surface area contributed by atoms with E-state index in [0.717, 1.165) is 11.3 Å². The smallest absolute Gasteiger partial charge is 0.152 e. The first-order valence-corrected chi connectivity index (χ1v) is 6.72. The van der Waals surface area contributed by atoms with Crippen LogP contribution in [0.2, 0.25) is 0 Å². The van der Waals surface area contributed by atoms with Crippen molar-refractivity contribution in [1.29, 1.82) is 0 Å². The highest BCUT2D eigenvalue weighted by atomic mass is 15.2. The molecule has 2 aromatic heterocycles. The summed E-state index contributed by atoms with van der Waals surface area (Å²) in [4.78, 5) is 4.47. The number of aromatic nitrogens is 3. The van der Waals surface area contributed by atoms with Gasteiger partial charge in [-0.05, 0) is 24.3 Å². The number of hydrogen-bond acceptors (Lipinski definition) is 3. The third-order valence-electron chi connectivity index (χ3n) is 4.14. The molecule has 3 rings (SSSR count). The maximum absolute atomic E-state index is 4.47. The molecule has 96 valence electrons. The van der Waals surface area contributed by atoms with E-state index in [1.165, 1.54) is 25.7 Å². The number of fused-ring (bicyclic) bond motifs is 1. The van der Waals surface area contributed by atoms with Crippen LogP contribution in [-0.2, 0) is 0 Å². The van der Waals surface area contributed by atoms with E-state index in [-0.39, 0.29) is 0 Å². The van der Waals surface area contributed by atoms with Crippen LogP contribution in [0.1, 0.15) is 39.5 Å². The van der Waals surface area contributed by atoms with Crippen LogP contribution in [0.3, 0.4) is 0 Å². The molecule has 0 aliphatic heterocycles. The van der Waals surface area contributed by atoms with Crippen molar-refractivity contribution in [2.75, 3.05) is 5.32 Å². The van der Waals surface area contributed by atoms with Crippen molar-refractivity contribution in [3.8, 4) is 0 Å². The molecule has 0 saturated heterocycles. The number of nitrogens with one attached hydrogen (secondary N) is 1. The first-order chi connectivity index (χ1) is 8.67. The Morgan fingerprint density at radius 2 is 2.22 bits per heavy atom. The predicted molar refractivity (Wildman–Crippen MR) is 72.6 cm³/mol. The van der Waals surface area contributed by atoms with Crippen LogP contribution in [-0.4, -0.2) is 20.6 Å². The summed E-state index contributed by atoms with van der Waals surface area (Å²) in [6, 6.07) is 2.50. The second kappa shape index (κ2) is 4.26. The Morgan fingerprint density at radius 1 is 1.33 bits per heavy atom. The molecule has 1 fully saturated rings. The number of anilines is 1. The molecular formula is C14H20N4. The van der Waals surface area contributed by atoms with Gasteiger partial charge in [-0.2, -0.15) is 5.10 Å². The molecule has 0 amide bonds. The third kappa shape index (κ3) is 1.96. The number of rotatable bonds is 2. The molecule has 2 heterocycles. The van der Waals surface area contributed by atoms with Crippen LogP contribution in [0.5, 0.6) is 0 Å². The van der Waals surface area contributed by atoms with Crippen LogP contribution >= 0.6 is 0 Å². The van der Waals surface area contributed by atoms with E-state index in [4.69, 9.17) is 0 Å². The fourth-order valence-electron chi connectivity index (χ4n) is 2.90. The molecule has 1 atom stereocenters. The Bertz CT molecular complexity index is 543. The molecule has 18 heavy (non-hydrogen) atoms. The number of hydrogen-bond donors (Lipinski definition) is 1. The molecule has 1 aliphatic rings. The van der Waals surface area contributed by atoms with Crippen LogP contribution in [0.4, 0.5) is 5.82 Å². The van der Waals surface area contributed by atoms with Crippen LogP contribution in [0.25, 0.3) is 5.52 Å². The molecule has 0 aromatic carbocycles. The molecule has 0 bridgehead atoms. The van der Waals surface area contributed by atoms with E-state index in [0.29, 0.717) is 11.5 Å². The fourth-order valence-corrected chi connectivity index (χ4v) is 2.90. The zero-order chi connectivity index (χ0) is 12.6. The highest BCUT2D eigenvalue weighted by Crippen LogP contribution is 2.37. The molecule has 4 heteroatoms. The van der Waals surface area contributed by atoms with Gasteiger partial charge in [0.25, 0.3) is 0 Å². The maximum Gasteiger partial charge on any atom is 0.152 e. The second-order valence-electron chi connectivity index (χ2n) is 5.87. The van der Waals surface area contributed by atoms with Crippen molar-refractivity contribution in [3.63, 3.8) is 0 Å². The highest BCUT2D eigenvalue weighted by Gasteiger charge is 2.32. The lowest BCUT2D eigenvalue weighted by molar-refractivity contribution is 0.217. The molecule has 1 saturated carbocycles. The van der Waals surface area contributed by atoms with Gasteiger partial charge in [0.2, 0.25) is 0 Å². The lowest BCUT2D eigenvalue weighted by Gasteiger charge is -2.39. The predicted octanol–water partition coefficient (Wildman–Crippen LogP) is 3.11. The lowest BCUT2D eigenvalue weighted by atomic mass is 9.73. The van der Waals surface area contributed by atoms with E-state index in [9.17, 15) is 0 Å². The SMILES string of the molecule is CC1(C)CCCCC1Nc1nccn2nccc12. The van der Waals surface area contributed by atoms with E-state index < -0.39 is 0 Å².